The average Bonchev–Trinajstić information content (AvgIpc) is 2.71. The molecule has 2 unspecified atom stereocenters. The number of aryl methyl sites for hydroxylation is 1. The number of aromatic nitrogens is 2. The minimum absolute atomic E-state index is 0.0611. The second-order valence-corrected chi connectivity index (χ2v) is 5.67. The maximum atomic E-state index is 11.9. The molecule has 5 heteroatoms. The highest BCUT2D eigenvalue weighted by molar-refractivity contribution is 5.81. The van der Waals surface area contributed by atoms with Gasteiger partial charge in [0.05, 0.1) is 12.2 Å². The summed E-state index contributed by atoms with van der Waals surface area (Å²) in [6.07, 6.45) is 5.22. The molecule has 0 aromatic carbocycles. The van der Waals surface area contributed by atoms with Crippen molar-refractivity contribution < 1.29 is 4.79 Å². The van der Waals surface area contributed by atoms with Crippen LogP contribution in [0.1, 0.15) is 50.9 Å². The number of nitrogens with one attached hydrogen (secondary N) is 2. The first-order valence-electron chi connectivity index (χ1n) is 7.06. The van der Waals surface area contributed by atoms with Crippen LogP contribution < -0.4 is 10.6 Å². The summed E-state index contributed by atoms with van der Waals surface area (Å²) in [4.78, 5) is 11.9. The van der Waals surface area contributed by atoms with Crippen molar-refractivity contribution in [3.63, 3.8) is 0 Å². The third kappa shape index (κ3) is 3.15. The minimum atomic E-state index is -0.182. The summed E-state index contributed by atoms with van der Waals surface area (Å²) in [6.45, 7) is 5.87. The van der Waals surface area contributed by atoms with Crippen molar-refractivity contribution in [2.75, 3.05) is 0 Å². The van der Waals surface area contributed by atoms with Crippen LogP contribution in [0.5, 0.6) is 0 Å². The van der Waals surface area contributed by atoms with Crippen LogP contribution in [0, 0.1) is 0 Å². The summed E-state index contributed by atoms with van der Waals surface area (Å²) >= 11 is 0. The van der Waals surface area contributed by atoms with Crippen molar-refractivity contribution >= 4 is 5.91 Å². The number of carbonyl (C=O) groups is 1. The van der Waals surface area contributed by atoms with E-state index in [9.17, 15) is 4.79 Å². The van der Waals surface area contributed by atoms with E-state index in [2.05, 4.69) is 15.7 Å². The van der Waals surface area contributed by atoms with E-state index in [0.29, 0.717) is 0 Å². The summed E-state index contributed by atoms with van der Waals surface area (Å²) in [6, 6.07) is 0.237. The zero-order valence-corrected chi connectivity index (χ0v) is 12.2. The molecule has 5 nitrogen and oxygen atoms in total. The van der Waals surface area contributed by atoms with Crippen LogP contribution in [0.3, 0.4) is 0 Å². The second kappa shape index (κ2) is 5.74. The molecule has 1 aromatic rings. The van der Waals surface area contributed by atoms with E-state index in [1.165, 1.54) is 11.3 Å². The maximum absolute atomic E-state index is 11.9. The Hall–Kier alpha value is -1.36. The van der Waals surface area contributed by atoms with E-state index >= 15 is 0 Å². The number of hydrogen-bond donors (Lipinski definition) is 2. The zero-order valence-electron chi connectivity index (χ0n) is 12.2. The Morgan fingerprint density at radius 2 is 2.21 bits per heavy atom. The van der Waals surface area contributed by atoms with Gasteiger partial charge in [-0.2, -0.15) is 5.10 Å². The monoisotopic (exact) mass is 264 g/mol. The average molecular weight is 264 g/mol. The summed E-state index contributed by atoms with van der Waals surface area (Å²) < 4.78 is 1.95. The Kier molecular flexibility index (Phi) is 4.24. The van der Waals surface area contributed by atoms with Gasteiger partial charge in [-0.3, -0.25) is 14.8 Å². The van der Waals surface area contributed by atoms with Crippen LogP contribution in [0.15, 0.2) is 6.20 Å². The molecule has 0 spiro atoms. The lowest BCUT2D eigenvalue weighted by atomic mass is 9.92. The summed E-state index contributed by atoms with van der Waals surface area (Å²) in [5.41, 5.74) is 2.54. The summed E-state index contributed by atoms with van der Waals surface area (Å²) in [5, 5.41) is 10.7. The lowest BCUT2D eigenvalue weighted by Crippen LogP contribution is -2.46. The minimum Gasteiger partial charge on any atom is -0.353 e. The highest BCUT2D eigenvalue weighted by Gasteiger charge is 2.26. The van der Waals surface area contributed by atoms with Crippen molar-refractivity contribution in [3.8, 4) is 0 Å². The van der Waals surface area contributed by atoms with Crippen LogP contribution in [-0.4, -0.2) is 27.8 Å². The molecule has 0 fully saturated rings. The van der Waals surface area contributed by atoms with E-state index < -0.39 is 0 Å². The summed E-state index contributed by atoms with van der Waals surface area (Å²) in [5.74, 6) is 0.0611. The second-order valence-electron chi connectivity index (χ2n) is 5.67. The smallest absolute Gasteiger partial charge is 0.237 e. The summed E-state index contributed by atoms with van der Waals surface area (Å²) in [7, 11) is 1.98. The van der Waals surface area contributed by atoms with Gasteiger partial charge in [-0.15, -0.1) is 0 Å². The van der Waals surface area contributed by atoms with Gasteiger partial charge in [0.15, 0.2) is 0 Å². The van der Waals surface area contributed by atoms with Crippen LogP contribution in [0.4, 0.5) is 0 Å². The third-order valence-corrected chi connectivity index (χ3v) is 3.65. The van der Waals surface area contributed by atoms with Gasteiger partial charge in [-0.25, -0.2) is 0 Å². The number of amides is 1. The van der Waals surface area contributed by atoms with E-state index in [4.69, 9.17) is 0 Å². The topological polar surface area (TPSA) is 59.0 Å². The molecule has 1 aliphatic rings. The molecule has 2 rings (SSSR count). The van der Waals surface area contributed by atoms with Gasteiger partial charge in [-0.05, 0) is 40.0 Å². The molecule has 0 saturated carbocycles. The highest BCUT2D eigenvalue weighted by atomic mass is 16.2. The number of hydrogen-bond acceptors (Lipinski definition) is 3. The SMILES string of the molecule is CC(C)NC(=O)C(C)NC1CCCc2c1cnn2C. The predicted molar refractivity (Wildman–Crippen MR) is 74.8 cm³/mol. The third-order valence-electron chi connectivity index (χ3n) is 3.65. The molecule has 1 aliphatic carbocycles. The molecule has 2 atom stereocenters. The van der Waals surface area contributed by atoms with Crippen LogP contribution in [-0.2, 0) is 18.3 Å². The highest BCUT2D eigenvalue weighted by Crippen LogP contribution is 2.29. The van der Waals surface area contributed by atoms with E-state index in [1.807, 2.05) is 38.7 Å². The molecule has 0 saturated heterocycles. The molecular weight excluding hydrogens is 240 g/mol. The fourth-order valence-corrected chi connectivity index (χ4v) is 2.67. The molecule has 0 bridgehead atoms. The molecule has 19 heavy (non-hydrogen) atoms. The van der Waals surface area contributed by atoms with Crippen LogP contribution in [0.2, 0.25) is 0 Å². The molecular formula is C14H24N4O. The fourth-order valence-electron chi connectivity index (χ4n) is 2.67. The van der Waals surface area contributed by atoms with Gasteiger partial charge in [0.25, 0.3) is 0 Å². The Morgan fingerprint density at radius 1 is 1.47 bits per heavy atom. The molecule has 1 heterocycles. The molecule has 1 aromatic heterocycles. The van der Waals surface area contributed by atoms with E-state index in [0.717, 1.165) is 19.3 Å². The van der Waals surface area contributed by atoms with Crippen LogP contribution in [0.25, 0.3) is 0 Å². The normalized spacial score (nSPS) is 20.2. The molecule has 106 valence electrons. The first kappa shape index (κ1) is 14.1. The first-order chi connectivity index (χ1) is 8.99. The number of rotatable bonds is 4. The molecule has 1 amide bonds. The van der Waals surface area contributed by atoms with Gasteiger partial charge in [-0.1, -0.05) is 0 Å². The molecule has 0 aliphatic heterocycles. The van der Waals surface area contributed by atoms with Gasteiger partial charge in [0.1, 0.15) is 0 Å². The Bertz CT molecular complexity index is 452. The first-order valence-corrected chi connectivity index (χ1v) is 7.06. The standard InChI is InChI=1S/C14H24N4O/c1-9(2)16-14(19)10(3)17-12-6-5-7-13-11(12)8-15-18(13)4/h8-10,12,17H,5-7H2,1-4H3,(H,16,19). The Morgan fingerprint density at radius 3 is 2.89 bits per heavy atom. The largest absolute Gasteiger partial charge is 0.353 e. The Balaban J connectivity index is 2.02. The van der Waals surface area contributed by atoms with Gasteiger partial charge >= 0.3 is 0 Å². The lowest BCUT2D eigenvalue weighted by Gasteiger charge is -2.27. The van der Waals surface area contributed by atoms with Crippen molar-refractivity contribution in [3.05, 3.63) is 17.5 Å². The quantitative estimate of drug-likeness (QED) is 0.862. The lowest BCUT2D eigenvalue weighted by molar-refractivity contribution is -0.123. The number of fused-ring (bicyclic) bond motifs is 1. The predicted octanol–water partition coefficient (Wildman–Crippen LogP) is 1.30. The van der Waals surface area contributed by atoms with Crippen molar-refractivity contribution in [2.45, 2.75) is 58.2 Å². The van der Waals surface area contributed by atoms with Gasteiger partial charge in [0.2, 0.25) is 5.91 Å². The van der Waals surface area contributed by atoms with Crippen molar-refractivity contribution in [2.24, 2.45) is 7.05 Å². The van der Waals surface area contributed by atoms with Crippen molar-refractivity contribution in [1.82, 2.24) is 20.4 Å². The molecule has 2 N–H and O–H groups in total. The Labute approximate surface area is 114 Å². The fraction of sp³-hybridized carbons (Fsp3) is 0.714. The van der Waals surface area contributed by atoms with Crippen LogP contribution >= 0.6 is 0 Å². The molecule has 0 radical (unpaired) electrons. The number of carbonyl (C=O) groups excluding carboxylic acids is 1. The number of nitrogens with zero attached hydrogens (tertiary/aromatic N) is 2. The van der Waals surface area contributed by atoms with E-state index in [1.54, 1.807) is 0 Å². The van der Waals surface area contributed by atoms with Gasteiger partial charge < -0.3 is 5.32 Å². The van der Waals surface area contributed by atoms with Gasteiger partial charge in [0, 0.05) is 30.4 Å². The van der Waals surface area contributed by atoms with E-state index in [-0.39, 0.29) is 24.0 Å². The zero-order chi connectivity index (χ0) is 14.0. The maximum Gasteiger partial charge on any atom is 0.237 e. The van der Waals surface area contributed by atoms with Crippen molar-refractivity contribution in [1.29, 1.82) is 0 Å².